The standard InChI is InChI=1S/C14H24N4O2/c1-5-20-14(19)12-8-16-17(4)13(12)9-18-10(2)6-15-7-11(18)3/h8,10-11,15H,5-7,9H2,1-4H3. The number of carbonyl (C=O) groups is 1. The van der Waals surface area contributed by atoms with Crippen LogP contribution in [0.5, 0.6) is 0 Å². The van der Waals surface area contributed by atoms with Crippen molar-refractivity contribution in [3.63, 3.8) is 0 Å². The molecule has 6 heteroatoms. The van der Waals surface area contributed by atoms with E-state index >= 15 is 0 Å². The molecule has 2 unspecified atom stereocenters. The first-order valence-electron chi connectivity index (χ1n) is 7.19. The molecule has 1 N–H and O–H groups in total. The summed E-state index contributed by atoms with van der Waals surface area (Å²) in [7, 11) is 1.87. The normalized spacial score (nSPS) is 23.8. The maximum absolute atomic E-state index is 12.0. The van der Waals surface area contributed by atoms with Gasteiger partial charge in [0.05, 0.1) is 18.5 Å². The molecule has 0 aliphatic carbocycles. The van der Waals surface area contributed by atoms with Crippen LogP contribution in [-0.4, -0.2) is 52.4 Å². The average Bonchev–Trinajstić information content (AvgIpc) is 2.76. The highest BCUT2D eigenvalue weighted by atomic mass is 16.5. The molecule has 0 bridgehead atoms. The second-order valence-electron chi connectivity index (χ2n) is 5.38. The van der Waals surface area contributed by atoms with Crippen molar-refractivity contribution in [2.45, 2.75) is 39.4 Å². The van der Waals surface area contributed by atoms with Crippen LogP contribution in [0.4, 0.5) is 0 Å². The molecule has 0 spiro atoms. The van der Waals surface area contributed by atoms with Crippen LogP contribution in [0.3, 0.4) is 0 Å². The number of nitrogens with one attached hydrogen (secondary N) is 1. The summed E-state index contributed by atoms with van der Waals surface area (Å²) < 4.78 is 6.87. The molecule has 0 amide bonds. The van der Waals surface area contributed by atoms with E-state index in [4.69, 9.17) is 4.74 Å². The second kappa shape index (κ2) is 6.37. The largest absolute Gasteiger partial charge is 0.462 e. The van der Waals surface area contributed by atoms with Crippen LogP contribution < -0.4 is 5.32 Å². The van der Waals surface area contributed by atoms with Crippen molar-refractivity contribution in [2.24, 2.45) is 7.05 Å². The van der Waals surface area contributed by atoms with E-state index in [-0.39, 0.29) is 5.97 Å². The fourth-order valence-electron chi connectivity index (χ4n) is 2.68. The van der Waals surface area contributed by atoms with Gasteiger partial charge < -0.3 is 10.1 Å². The molecule has 2 atom stereocenters. The number of carbonyl (C=O) groups excluding carboxylic acids is 1. The zero-order valence-corrected chi connectivity index (χ0v) is 12.7. The quantitative estimate of drug-likeness (QED) is 0.826. The van der Waals surface area contributed by atoms with Gasteiger partial charge in [0.1, 0.15) is 5.56 Å². The third kappa shape index (κ3) is 3.02. The first kappa shape index (κ1) is 15.0. The van der Waals surface area contributed by atoms with Gasteiger partial charge in [-0.15, -0.1) is 0 Å². The number of nitrogens with zero attached hydrogens (tertiary/aromatic N) is 3. The number of piperazine rings is 1. The van der Waals surface area contributed by atoms with Crippen LogP contribution in [0.2, 0.25) is 0 Å². The van der Waals surface area contributed by atoms with Gasteiger partial charge in [-0.25, -0.2) is 4.79 Å². The fraction of sp³-hybridized carbons (Fsp3) is 0.714. The van der Waals surface area contributed by atoms with Crippen molar-refractivity contribution in [1.82, 2.24) is 20.0 Å². The zero-order valence-electron chi connectivity index (χ0n) is 12.7. The maximum Gasteiger partial charge on any atom is 0.341 e. The van der Waals surface area contributed by atoms with E-state index in [2.05, 4.69) is 29.2 Å². The smallest absolute Gasteiger partial charge is 0.341 e. The highest BCUT2D eigenvalue weighted by Gasteiger charge is 2.27. The molecular formula is C14H24N4O2. The lowest BCUT2D eigenvalue weighted by Gasteiger charge is -2.39. The Balaban J connectivity index is 2.19. The van der Waals surface area contributed by atoms with Crippen molar-refractivity contribution < 1.29 is 9.53 Å². The molecule has 1 aliphatic heterocycles. The summed E-state index contributed by atoms with van der Waals surface area (Å²) in [6, 6.07) is 0.868. The minimum atomic E-state index is -0.286. The van der Waals surface area contributed by atoms with Crippen LogP contribution in [0.15, 0.2) is 6.20 Å². The average molecular weight is 280 g/mol. The van der Waals surface area contributed by atoms with Gasteiger partial charge in [0.15, 0.2) is 0 Å². The molecule has 1 fully saturated rings. The highest BCUT2D eigenvalue weighted by molar-refractivity contribution is 5.90. The SMILES string of the molecule is CCOC(=O)c1cnn(C)c1CN1C(C)CNCC1C. The van der Waals surface area contributed by atoms with Crippen LogP contribution in [-0.2, 0) is 18.3 Å². The third-order valence-electron chi connectivity index (χ3n) is 3.90. The van der Waals surface area contributed by atoms with Crippen molar-refractivity contribution in [3.05, 3.63) is 17.5 Å². The molecule has 1 aromatic rings. The second-order valence-corrected chi connectivity index (χ2v) is 5.38. The van der Waals surface area contributed by atoms with Crippen molar-refractivity contribution in [1.29, 1.82) is 0 Å². The monoisotopic (exact) mass is 280 g/mol. The van der Waals surface area contributed by atoms with Gasteiger partial charge in [0.25, 0.3) is 0 Å². The van der Waals surface area contributed by atoms with Gasteiger partial charge >= 0.3 is 5.97 Å². The Bertz CT molecular complexity index is 462. The van der Waals surface area contributed by atoms with E-state index in [0.717, 1.165) is 18.8 Å². The number of esters is 1. The van der Waals surface area contributed by atoms with Crippen LogP contribution in [0, 0.1) is 0 Å². The number of ether oxygens (including phenoxy) is 1. The van der Waals surface area contributed by atoms with E-state index in [0.29, 0.717) is 30.8 Å². The Labute approximate surface area is 120 Å². The first-order valence-corrected chi connectivity index (χ1v) is 7.19. The third-order valence-corrected chi connectivity index (χ3v) is 3.90. The maximum atomic E-state index is 12.0. The van der Waals surface area contributed by atoms with Crippen LogP contribution in [0.25, 0.3) is 0 Å². The Morgan fingerprint density at radius 1 is 1.45 bits per heavy atom. The van der Waals surface area contributed by atoms with Gasteiger partial charge in [-0.1, -0.05) is 0 Å². The molecule has 2 rings (SSSR count). The Morgan fingerprint density at radius 2 is 2.10 bits per heavy atom. The summed E-state index contributed by atoms with van der Waals surface area (Å²) in [5.41, 5.74) is 1.50. The Hall–Kier alpha value is -1.40. The molecule has 1 aliphatic rings. The zero-order chi connectivity index (χ0) is 14.7. The van der Waals surface area contributed by atoms with E-state index in [1.807, 2.05) is 14.0 Å². The summed E-state index contributed by atoms with van der Waals surface area (Å²) in [5.74, 6) is -0.286. The molecule has 1 saturated heterocycles. The highest BCUT2D eigenvalue weighted by Crippen LogP contribution is 2.18. The molecule has 0 aromatic carbocycles. The molecule has 0 saturated carbocycles. The van der Waals surface area contributed by atoms with E-state index in [1.165, 1.54) is 0 Å². The van der Waals surface area contributed by atoms with Gasteiger partial charge in [-0.2, -0.15) is 5.10 Å². The number of rotatable bonds is 4. The molecule has 0 radical (unpaired) electrons. The number of hydrogen-bond acceptors (Lipinski definition) is 5. The summed E-state index contributed by atoms with van der Waals surface area (Å²) in [4.78, 5) is 14.4. The van der Waals surface area contributed by atoms with Crippen LogP contribution >= 0.6 is 0 Å². The van der Waals surface area contributed by atoms with E-state index in [9.17, 15) is 4.79 Å². The lowest BCUT2D eigenvalue weighted by Crippen LogP contribution is -2.54. The van der Waals surface area contributed by atoms with Crippen molar-refractivity contribution >= 4 is 5.97 Å². The predicted octanol–water partition coefficient (Wildman–Crippen LogP) is 0.779. The van der Waals surface area contributed by atoms with E-state index in [1.54, 1.807) is 10.9 Å². The predicted molar refractivity (Wildman–Crippen MR) is 76.5 cm³/mol. The molecule has 1 aromatic heterocycles. The Kier molecular flexibility index (Phi) is 4.77. The van der Waals surface area contributed by atoms with Gasteiger partial charge in [0.2, 0.25) is 0 Å². The molecule has 6 nitrogen and oxygen atoms in total. The topological polar surface area (TPSA) is 59.4 Å². The molecule has 20 heavy (non-hydrogen) atoms. The number of hydrogen-bond donors (Lipinski definition) is 1. The van der Waals surface area contributed by atoms with Gasteiger partial charge in [-0.05, 0) is 20.8 Å². The number of aromatic nitrogens is 2. The van der Waals surface area contributed by atoms with Gasteiger partial charge in [-0.3, -0.25) is 9.58 Å². The lowest BCUT2D eigenvalue weighted by molar-refractivity contribution is 0.0519. The van der Waals surface area contributed by atoms with Crippen molar-refractivity contribution in [2.75, 3.05) is 19.7 Å². The first-order chi connectivity index (χ1) is 9.54. The minimum absolute atomic E-state index is 0.286. The Morgan fingerprint density at radius 3 is 2.70 bits per heavy atom. The van der Waals surface area contributed by atoms with Crippen molar-refractivity contribution in [3.8, 4) is 0 Å². The summed E-state index contributed by atoms with van der Waals surface area (Å²) in [6.45, 7) is 9.25. The minimum Gasteiger partial charge on any atom is -0.462 e. The number of aryl methyl sites for hydroxylation is 1. The van der Waals surface area contributed by atoms with E-state index < -0.39 is 0 Å². The molecule has 2 heterocycles. The lowest BCUT2D eigenvalue weighted by atomic mass is 10.1. The molecular weight excluding hydrogens is 256 g/mol. The fourth-order valence-corrected chi connectivity index (χ4v) is 2.68. The van der Waals surface area contributed by atoms with Gasteiger partial charge in [0, 0.05) is 38.8 Å². The summed E-state index contributed by atoms with van der Waals surface area (Å²) in [6.07, 6.45) is 1.60. The summed E-state index contributed by atoms with van der Waals surface area (Å²) >= 11 is 0. The summed E-state index contributed by atoms with van der Waals surface area (Å²) in [5, 5.41) is 7.62. The molecule has 112 valence electrons. The van der Waals surface area contributed by atoms with Crippen LogP contribution in [0.1, 0.15) is 36.8 Å².